The Hall–Kier alpha value is -2.82. The van der Waals surface area contributed by atoms with Crippen LogP contribution in [0.1, 0.15) is 61.0 Å². The van der Waals surface area contributed by atoms with Crippen molar-refractivity contribution >= 4 is 17.6 Å². The standard InChI is InChI=1S/C24H30N2O3/c1-4-25-23(27)22(18-12-14-19(15-13-18)24(28)29-5-2)20-10-6-7-11-21(20)26-16-8-9-17(26)3/h6-7,10-15,17,22H,4-5,8-9,16H2,1-3H3,(H,25,27). The van der Waals surface area contributed by atoms with E-state index in [-0.39, 0.29) is 11.9 Å². The Kier molecular flexibility index (Phi) is 6.91. The van der Waals surface area contributed by atoms with Crippen LogP contribution >= 0.6 is 0 Å². The van der Waals surface area contributed by atoms with Crippen LogP contribution in [0.2, 0.25) is 0 Å². The number of benzene rings is 2. The molecule has 5 heteroatoms. The first-order chi connectivity index (χ1) is 14.1. The van der Waals surface area contributed by atoms with Gasteiger partial charge < -0.3 is 15.0 Å². The number of esters is 1. The van der Waals surface area contributed by atoms with Gasteiger partial charge in [-0.1, -0.05) is 30.3 Å². The molecule has 2 aromatic carbocycles. The molecule has 1 amide bonds. The molecule has 5 nitrogen and oxygen atoms in total. The molecule has 1 saturated heterocycles. The lowest BCUT2D eigenvalue weighted by molar-refractivity contribution is -0.121. The Bertz CT molecular complexity index is 847. The topological polar surface area (TPSA) is 58.6 Å². The van der Waals surface area contributed by atoms with E-state index in [0.717, 1.165) is 36.2 Å². The summed E-state index contributed by atoms with van der Waals surface area (Å²) in [6.07, 6.45) is 2.32. The second kappa shape index (κ2) is 9.59. The van der Waals surface area contributed by atoms with E-state index in [1.165, 1.54) is 0 Å². The molecule has 1 fully saturated rings. The molecule has 29 heavy (non-hydrogen) atoms. The summed E-state index contributed by atoms with van der Waals surface area (Å²) in [5, 5.41) is 2.98. The average Bonchev–Trinajstić information content (AvgIpc) is 3.15. The molecule has 0 spiro atoms. The van der Waals surface area contributed by atoms with Gasteiger partial charge in [0.15, 0.2) is 0 Å². The van der Waals surface area contributed by atoms with Gasteiger partial charge in [0.05, 0.1) is 18.1 Å². The van der Waals surface area contributed by atoms with Gasteiger partial charge in [0.25, 0.3) is 0 Å². The lowest BCUT2D eigenvalue weighted by atomic mass is 9.88. The highest BCUT2D eigenvalue weighted by atomic mass is 16.5. The number of amides is 1. The largest absolute Gasteiger partial charge is 0.462 e. The van der Waals surface area contributed by atoms with Crippen LogP contribution in [0.25, 0.3) is 0 Å². The predicted octanol–water partition coefficient (Wildman–Crippen LogP) is 4.12. The van der Waals surface area contributed by atoms with Crippen molar-refractivity contribution in [1.82, 2.24) is 5.32 Å². The molecule has 1 N–H and O–H groups in total. The van der Waals surface area contributed by atoms with Crippen molar-refractivity contribution in [3.8, 4) is 0 Å². The number of anilines is 1. The van der Waals surface area contributed by atoms with Gasteiger partial charge in [-0.25, -0.2) is 4.79 Å². The fourth-order valence-electron chi connectivity index (χ4n) is 4.06. The Morgan fingerprint density at radius 2 is 1.86 bits per heavy atom. The van der Waals surface area contributed by atoms with Gasteiger partial charge in [0.1, 0.15) is 0 Å². The normalized spacial score (nSPS) is 17.1. The fraction of sp³-hybridized carbons (Fsp3) is 0.417. The number of carbonyl (C=O) groups excluding carboxylic acids is 2. The third kappa shape index (κ3) is 4.61. The molecule has 0 bridgehead atoms. The molecular weight excluding hydrogens is 364 g/mol. The third-order valence-electron chi connectivity index (χ3n) is 5.48. The lowest BCUT2D eigenvalue weighted by Crippen LogP contribution is -2.33. The van der Waals surface area contributed by atoms with E-state index in [0.29, 0.717) is 24.8 Å². The van der Waals surface area contributed by atoms with Gasteiger partial charge in [-0.3, -0.25) is 4.79 Å². The summed E-state index contributed by atoms with van der Waals surface area (Å²) in [6.45, 7) is 7.85. The minimum Gasteiger partial charge on any atom is -0.462 e. The molecule has 0 radical (unpaired) electrons. The molecule has 154 valence electrons. The van der Waals surface area contributed by atoms with E-state index in [9.17, 15) is 9.59 Å². The molecule has 1 heterocycles. The summed E-state index contributed by atoms with van der Waals surface area (Å²) < 4.78 is 5.07. The summed E-state index contributed by atoms with van der Waals surface area (Å²) in [7, 11) is 0. The quantitative estimate of drug-likeness (QED) is 0.718. The number of carbonyl (C=O) groups is 2. The average molecular weight is 395 g/mol. The highest BCUT2D eigenvalue weighted by molar-refractivity contribution is 5.91. The first-order valence-corrected chi connectivity index (χ1v) is 10.5. The van der Waals surface area contributed by atoms with Crippen LogP contribution in [-0.4, -0.2) is 37.6 Å². The smallest absolute Gasteiger partial charge is 0.338 e. The number of rotatable bonds is 7. The van der Waals surface area contributed by atoms with Crippen molar-refractivity contribution < 1.29 is 14.3 Å². The van der Waals surface area contributed by atoms with Crippen LogP contribution < -0.4 is 10.2 Å². The van der Waals surface area contributed by atoms with Crippen LogP contribution in [0.3, 0.4) is 0 Å². The first-order valence-electron chi connectivity index (χ1n) is 10.5. The zero-order chi connectivity index (χ0) is 20.8. The zero-order valence-corrected chi connectivity index (χ0v) is 17.5. The van der Waals surface area contributed by atoms with E-state index in [2.05, 4.69) is 23.2 Å². The number of nitrogens with one attached hydrogen (secondary N) is 1. The zero-order valence-electron chi connectivity index (χ0n) is 17.5. The molecule has 0 saturated carbocycles. The van der Waals surface area contributed by atoms with Gasteiger partial charge >= 0.3 is 5.97 Å². The van der Waals surface area contributed by atoms with Crippen molar-refractivity contribution in [1.29, 1.82) is 0 Å². The van der Waals surface area contributed by atoms with Crippen LogP contribution in [-0.2, 0) is 9.53 Å². The first kappa shape index (κ1) is 20.9. The van der Waals surface area contributed by atoms with Crippen LogP contribution in [0.5, 0.6) is 0 Å². The van der Waals surface area contributed by atoms with Crippen molar-refractivity contribution in [3.05, 3.63) is 65.2 Å². The predicted molar refractivity (Wildman–Crippen MR) is 115 cm³/mol. The molecule has 2 atom stereocenters. The van der Waals surface area contributed by atoms with E-state index in [1.807, 2.05) is 37.3 Å². The van der Waals surface area contributed by atoms with E-state index in [4.69, 9.17) is 4.74 Å². The summed E-state index contributed by atoms with van der Waals surface area (Å²) in [5.41, 5.74) is 3.47. The molecule has 3 rings (SSSR count). The van der Waals surface area contributed by atoms with E-state index < -0.39 is 5.92 Å². The SMILES string of the molecule is CCNC(=O)C(c1ccc(C(=O)OCC)cc1)c1ccccc1N1CCCC1C. The minimum absolute atomic E-state index is 0.0318. The van der Waals surface area contributed by atoms with E-state index in [1.54, 1.807) is 19.1 Å². The maximum Gasteiger partial charge on any atom is 0.338 e. The summed E-state index contributed by atoms with van der Waals surface area (Å²) >= 11 is 0. The van der Waals surface area contributed by atoms with Gasteiger partial charge in [-0.15, -0.1) is 0 Å². The molecular formula is C24H30N2O3. The van der Waals surface area contributed by atoms with Crippen LogP contribution in [0.15, 0.2) is 48.5 Å². The van der Waals surface area contributed by atoms with E-state index >= 15 is 0 Å². The molecule has 1 aliphatic rings. The fourth-order valence-corrected chi connectivity index (χ4v) is 4.06. The Morgan fingerprint density at radius 1 is 1.14 bits per heavy atom. The van der Waals surface area contributed by atoms with Gasteiger partial charge in [0, 0.05) is 24.8 Å². The maximum atomic E-state index is 13.1. The third-order valence-corrected chi connectivity index (χ3v) is 5.48. The lowest BCUT2D eigenvalue weighted by Gasteiger charge is -2.29. The second-order valence-electron chi connectivity index (χ2n) is 7.41. The summed E-state index contributed by atoms with van der Waals surface area (Å²) in [5.74, 6) is -0.814. The van der Waals surface area contributed by atoms with Crippen molar-refractivity contribution in [2.45, 2.75) is 45.6 Å². The molecule has 2 unspecified atom stereocenters. The molecule has 1 aliphatic heterocycles. The van der Waals surface area contributed by atoms with Crippen LogP contribution in [0, 0.1) is 0 Å². The van der Waals surface area contributed by atoms with Gasteiger partial charge in [-0.05, 0) is 62.9 Å². The maximum absolute atomic E-state index is 13.1. The minimum atomic E-state index is -0.435. The Morgan fingerprint density at radius 3 is 2.48 bits per heavy atom. The number of likely N-dealkylation sites (N-methyl/N-ethyl adjacent to an activating group) is 1. The van der Waals surface area contributed by atoms with Crippen LogP contribution in [0.4, 0.5) is 5.69 Å². The van der Waals surface area contributed by atoms with Crippen molar-refractivity contribution in [2.75, 3.05) is 24.6 Å². The second-order valence-corrected chi connectivity index (χ2v) is 7.41. The number of hydrogen-bond donors (Lipinski definition) is 1. The Labute approximate surface area is 173 Å². The number of nitrogens with zero attached hydrogens (tertiary/aromatic N) is 1. The van der Waals surface area contributed by atoms with Crippen molar-refractivity contribution in [3.63, 3.8) is 0 Å². The number of hydrogen-bond acceptors (Lipinski definition) is 4. The molecule has 0 aliphatic carbocycles. The summed E-state index contributed by atoms with van der Waals surface area (Å²) in [6, 6.07) is 15.8. The molecule has 0 aromatic heterocycles. The summed E-state index contributed by atoms with van der Waals surface area (Å²) in [4.78, 5) is 27.5. The van der Waals surface area contributed by atoms with Gasteiger partial charge in [-0.2, -0.15) is 0 Å². The molecule has 2 aromatic rings. The highest BCUT2D eigenvalue weighted by Gasteiger charge is 2.29. The number of ether oxygens (including phenoxy) is 1. The monoisotopic (exact) mass is 394 g/mol. The highest BCUT2D eigenvalue weighted by Crippen LogP contribution is 2.36. The van der Waals surface area contributed by atoms with Gasteiger partial charge in [0.2, 0.25) is 5.91 Å². The Balaban J connectivity index is 2.01. The number of para-hydroxylation sites is 1. The van der Waals surface area contributed by atoms with Crippen molar-refractivity contribution in [2.24, 2.45) is 0 Å².